The number of ether oxygens (including phenoxy) is 1. The lowest BCUT2D eigenvalue weighted by atomic mass is 9.88. The minimum absolute atomic E-state index is 0.0100. The van der Waals surface area contributed by atoms with E-state index in [0.29, 0.717) is 0 Å². The molecule has 1 aromatic carbocycles. The monoisotopic (exact) mass is 262 g/mol. The third-order valence-corrected chi connectivity index (χ3v) is 3.88. The standard InChI is InChI=1S/C15H22N2O2/c1-11(12-4-6-13(19-3)7-5-12)17-14(18)15(2)8-9-16-10-15/h4-7,11,16H,8-10H2,1-3H3,(H,17,18)/t11-,15?/m0/s1. The molecular formula is C15H22N2O2. The number of carbonyl (C=O) groups excluding carboxylic acids is 1. The summed E-state index contributed by atoms with van der Waals surface area (Å²) in [6.45, 7) is 5.70. The molecular weight excluding hydrogens is 240 g/mol. The predicted octanol–water partition coefficient (Wildman–Crippen LogP) is 1.87. The van der Waals surface area contributed by atoms with Gasteiger partial charge in [-0.3, -0.25) is 4.79 Å². The van der Waals surface area contributed by atoms with Crippen molar-refractivity contribution < 1.29 is 9.53 Å². The van der Waals surface area contributed by atoms with Crippen molar-refractivity contribution in [3.63, 3.8) is 0 Å². The zero-order valence-corrected chi connectivity index (χ0v) is 11.8. The number of hydrogen-bond acceptors (Lipinski definition) is 3. The van der Waals surface area contributed by atoms with E-state index in [0.717, 1.165) is 30.8 Å². The van der Waals surface area contributed by atoms with Crippen LogP contribution in [0.5, 0.6) is 5.75 Å². The summed E-state index contributed by atoms with van der Waals surface area (Å²) in [6, 6.07) is 7.81. The van der Waals surface area contributed by atoms with Crippen molar-refractivity contribution in [3.8, 4) is 5.75 Å². The van der Waals surface area contributed by atoms with Crippen LogP contribution in [0.3, 0.4) is 0 Å². The van der Waals surface area contributed by atoms with Crippen molar-refractivity contribution in [1.29, 1.82) is 0 Å². The third-order valence-electron chi connectivity index (χ3n) is 3.88. The second-order valence-corrected chi connectivity index (χ2v) is 5.46. The Labute approximate surface area is 114 Å². The highest BCUT2D eigenvalue weighted by Gasteiger charge is 2.36. The van der Waals surface area contributed by atoms with Gasteiger partial charge in [0.15, 0.2) is 0 Å². The number of rotatable bonds is 4. The van der Waals surface area contributed by atoms with Gasteiger partial charge in [0, 0.05) is 6.54 Å². The Hall–Kier alpha value is -1.55. The molecule has 0 aliphatic carbocycles. The van der Waals surface area contributed by atoms with Crippen LogP contribution in [0.1, 0.15) is 31.9 Å². The van der Waals surface area contributed by atoms with E-state index < -0.39 is 0 Å². The van der Waals surface area contributed by atoms with Crippen LogP contribution in [0.15, 0.2) is 24.3 Å². The first-order valence-corrected chi connectivity index (χ1v) is 6.71. The highest BCUT2D eigenvalue weighted by Crippen LogP contribution is 2.26. The average molecular weight is 262 g/mol. The Balaban J connectivity index is 1.99. The molecule has 1 aliphatic heterocycles. The van der Waals surface area contributed by atoms with Crippen LogP contribution in [0.25, 0.3) is 0 Å². The summed E-state index contributed by atoms with van der Waals surface area (Å²) in [5, 5.41) is 6.34. The molecule has 19 heavy (non-hydrogen) atoms. The SMILES string of the molecule is COc1ccc([C@H](C)NC(=O)C2(C)CCNC2)cc1. The summed E-state index contributed by atoms with van der Waals surface area (Å²) in [7, 11) is 1.65. The lowest BCUT2D eigenvalue weighted by Gasteiger charge is -2.24. The van der Waals surface area contributed by atoms with Gasteiger partial charge in [0.05, 0.1) is 18.6 Å². The van der Waals surface area contributed by atoms with Crippen molar-refractivity contribution >= 4 is 5.91 Å². The molecule has 2 N–H and O–H groups in total. The Morgan fingerprint density at radius 2 is 2.11 bits per heavy atom. The highest BCUT2D eigenvalue weighted by molar-refractivity contribution is 5.83. The Morgan fingerprint density at radius 1 is 1.42 bits per heavy atom. The number of benzene rings is 1. The number of amides is 1. The summed E-state index contributed by atoms with van der Waals surface area (Å²) in [6.07, 6.45) is 0.897. The third kappa shape index (κ3) is 3.07. The number of hydrogen-bond donors (Lipinski definition) is 2. The molecule has 1 unspecified atom stereocenters. The second-order valence-electron chi connectivity index (χ2n) is 5.46. The van der Waals surface area contributed by atoms with E-state index in [1.54, 1.807) is 7.11 Å². The van der Waals surface area contributed by atoms with Crippen molar-refractivity contribution in [2.75, 3.05) is 20.2 Å². The van der Waals surface area contributed by atoms with Gasteiger partial charge in [0.25, 0.3) is 0 Å². The van der Waals surface area contributed by atoms with E-state index in [1.165, 1.54) is 0 Å². The van der Waals surface area contributed by atoms with Crippen LogP contribution in [0.4, 0.5) is 0 Å². The number of methoxy groups -OCH3 is 1. The second kappa shape index (κ2) is 5.61. The molecule has 2 rings (SSSR count). The molecule has 0 spiro atoms. The van der Waals surface area contributed by atoms with E-state index in [9.17, 15) is 4.79 Å². The molecule has 4 heteroatoms. The van der Waals surface area contributed by atoms with E-state index in [-0.39, 0.29) is 17.4 Å². The summed E-state index contributed by atoms with van der Waals surface area (Å²) in [5.74, 6) is 0.954. The van der Waals surface area contributed by atoms with Crippen LogP contribution < -0.4 is 15.4 Å². The van der Waals surface area contributed by atoms with Crippen molar-refractivity contribution in [2.45, 2.75) is 26.3 Å². The van der Waals surface area contributed by atoms with Gasteiger partial charge in [-0.05, 0) is 44.5 Å². The molecule has 0 radical (unpaired) electrons. The fraction of sp³-hybridized carbons (Fsp3) is 0.533. The molecule has 1 saturated heterocycles. The van der Waals surface area contributed by atoms with Gasteiger partial charge in [0.1, 0.15) is 5.75 Å². The predicted molar refractivity (Wildman–Crippen MR) is 75.1 cm³/mol. The van der Waals surface area contributed by atoms with E-state index in [2.05, 4.69) is 10.6 Å². The van der Waals surface area contributed by atoms with Crippen LogP contribution in [0.2, 0.25) is 0 Å². The van der Waals surface area contributed by atoms with Gasteiger partial charge < -0.3 is 15.4 Å². The molecule has 0 aromatic heterocycles. The molecule has 1 aliphatic rings. The van der Waals surface area contributed by atoms with Gasteiger partial charge in [-0.15, -0.1) is 0 Å². The fourth-order valence-corrected chi connectivity index (χ4v) is 2.36. The summed E-state index contributed by atoms with van der Waals surface area (Å²) in [5.41, 5.74) is 0.810. The normalized spacial score (nSPS) is 23.9. The van der Waals surface area contributed by atoms with E-state index in [1.807, 2.05) is 38.1 Å². The maximum Gasteiger partial charge on any atom is 0.227 e. The minimum atomic E-state index is -0.277. The number of nitrogens with one attached hydrogen (secondary N) is 2. The Morgan fingerprint density at radius 3 is 2.63 bits per heavy atom. The molecule has 104 valence electrons. The molecule has 0 bridgehead atoms. The highest BCUT2D eigenvalue weighted by atomic mass is 16.5. The topological polar surface area (TPSA) is 50.4 Å². The largest absolute Gasteiger partial charge is 0.497 e. The van der Waals surface area contributed by atoms with Gasteiger partial charge in [0.2, 0.25) is 5.91 Å². The Bertz CT molecular complexity index is 436. The van der Waals surface area contributed by atoms with Crippen molar-refractivity contribution in [3.05, 3.63) is 29.8 Å². The Kier molecular flexibility index (Phi) is 4.10. The first kappa shape index (κ1) is 13.9. The van der Waals surface area contributed by atoms with E-state index in [4.69, 9.17) is 4.74 Å². The summed E-state index contributed by atoms with van der Waals surface area (Å²) in [4.78, 5) is 12.3. The molecule has 1 heterocycles. The van der Waals surface area contributed by atoms with E-state index >= 15 is 0 Å². The van der Waals surface area contributed by atoms with Gasteiger partial charge in [-0.2, -0.15) is 0 Å². The molecule has 1 amide bonds. The van der Waals surface area contributed by atoms with Gasteiger partial charge >= 0.3 is 0 Å². The molecule has 4 nitrogen and oxygen atoms in total. The maximum absolute atomic E-state index is 12.3. The van der Waals surface area contributed by atoms with Gasteiger partial charge in [-0.25, -0.2) is 0 Å². The number of carbonyl (C=O) groups is 1. The van der Waals surface area contributed by atoms with Crippen molar-refractivity contribution in [2.24, 2.45) is 5.41 Å². The smallest absolute Gasteiger partial charge is 0.227 e. The molecule has 2 atom stereocenters. The quantitative estimate of drug-likeness (QED) is 0.871. The summed E-state index contributed by atoms with van der Waals surface area (Å²) >= 11 is 0. The van der Waals surface area contributed by atoms with Gasteiger partial charge in [-0.1, -0.05) is 12.1 Å². The lowest BCUT2D eigenvalue weighted by molar-refractivity contribution is -0.129. The van der Waals surface area contributed by atoms with Crippen LogP contribution in [-0.2, 0) is 4.79 Å². The van der Waals surface area contributed by atoms with Crippen molar-refractivity contribution in [1.82, 2.24) is 10.6 Å². The molecule has 1 fully saturated rings. The lowest BCUT2D eigenvalue weighted by Crippen LogP contribution is -2.41. The summed E-state index contributed by atoms with van der Waals surface area (Å²) < 4.78 is 5.13. The zero-order chi connectivity index (χ0) is 13.9. The zero-order valence-electron chi connectivity index (χ0n) is 11.8. The molecule has 1 aromatic rings. The van der Waals surface area contributed by atoms with Crippen LogP contribution in [-0.4, -0.2) is 26.1 Å². The minimum Gasteiger partial charge on any atom is -0.497 e. The maximum atomic E-state index is 12.3. The first-order chi connectivity index (χ1) is 9.05. The van der Waals surface area contributed by atoms with Crippen LogP contribution in [0, 0.1) is 5.41 Å². The first-order valence-electron chi connectivity index (χ1n) is 6.71. The average Bonchev–Trinajstić information content (AvgIpc) is 2.87. The fourth-order valence-electron chi connectivity index (χ4n) is 2.36. The molecule has 0 saturated carbocycles. The van der Waals surface area contributed by atoms with Crippen LogP contribution >= 0.6 is 0 Å².